The Bertz CT molecular complexity index is 91.3. The molecule has 0 N–H and O–H groups in total. The summed E-state index contributed by atoms with van der Waals surface area (Å²) in [7, 11) is 0. The number of rotatable bonds is 5. The molecule has 0 aliphatic carbocycles. The quantitative estimate of drug-likeness (QED) is 0.452. The maximum Gasteiger partial charge on any atom is 0.159 e. The molecule has 0 aliphatic rings. The summed E-state index contributed by atoms with van der Waals surface area (Å²) >= 11 is 4.88. The summed E-state index contributed by atoms with van der Waals surface area (Å²) in [6.07, 6.45) is 4.48. The predicted octanol–water partition coefficient (Wildman–Crippen LogP) is 2.93. The van der Waals surface area contributed by atoms with Gasteiger partial charge in [0.2, 0.25) is 0 Å². The van der Waals surface area contributed by atoms with Crippen LogP contribution in [-0.4, -0.2) is 11.7 Å². The van der Waals surface area contributed by atoms with Gasteiger partial charge in [-0.05, 0) is 18.6 Å². The van der Waals surface area contributed by atoms with Crippen LogP contribution < -0.4 is 0 Å². The Balaban J connectivity index is 2.96. The first-order chi connectivity index (χ1) is 4.81. The van der Waals surface area contributed by atoms with Crippen LogP contribution in [0.3, 0.4) is 0 Å². The van der Waals surface area contributed by atoms with E-state index in [0.717, 1.165) is 24.5 Å². The lowest BCUT2D eigenvalue weighted by atomic mass is 10.3. The van der Waals surface area contributed by atoms with E-state index in [1.807, 2.05) is 6.92 Å². The van der Waals surface area contributed by atoms with Crippen LogP contribution in [-0.2, 0) is 4.74 Å². The predicted molar refractivity (Wildman–Crippen MR) is 48.4 cm³/mol. The van der Waals surface area contributed by atoms with Gasteiger partial charge in [0.15, 0.2) is 5.05 Å². The van der Waals surface area contributed by atoms with Crippen LogP contribution in [0.25, 0.3) is 0 Å². The van der Waals surface area contributed by atoms with E-state index in [2.05, 4.69) is 6.92 Å². The molecule has 0 aromatic rings. The molecule has 0 spiro atoms. The van der Waals surface area contributed by atoms with Crippen molar-refractivity contribution in [3.8, 4) is 0 Å². The highest BCUT2D eigenvalue weighted by atomic mass is 32.1. The summed E-state index contributed by atoms with van der Waals surface area (Å²) in [4.78, 5) is 0. The molecule has 0 saturated heterocycles. The molecule has 0 amide bonds. The van der Waals surface area contributed by atoms with Crippen LogP contribution in [0.1, 0.15) is 39.5 Å². The van der Waals surface area contributed by atoms with Crippen molar-refractivity contribution < 1.29 is 4.74 Å². The van der Waals surface area contributed by atoms with Crippen LogP contribution >= 0.6 is 12.2 Å². The van der Waals surface area contributed by atoms with Gasteiger partial charge in [0, 0.05) is 6.42 Å². The van der Waals surface area contributed by atoms with Gasteiger partial charge < -0.3 is 4.74 Å². The van der Waals surface area contributed by atoms with Crippen LogP contribution in [0.5, 0.6) is 0 Å². The molecule has 0 aliphatic heterocycles. The molecule has 0 fully saturated rings. The maximum atomic E-state index is 5.22. The van der Waals surface area contributed by atoms with Gasteiger partial charge in [0.05, 0.1) is 6.61 Å². The fourth-order valence-corrected chi connectivity index (χ4v) is 0.723. The van der Waals surface area contributed by atoms with Gasteiger partial charge in [-0.2, -0.15) is 0 Å². The van der Waals surface area contributed by atoms with E-state index in [0.29, 0.717) is 0 Å². The van der Waals surface area contributed by atoms with E-state index in [9.17, 15) is 0 Å². The average molecular weight is 160 g/mol. The number of ether oxygens (including phenoxy) is 1. The highest BCUT2D eigenvalue weighted by Crippen LogP contribution is 1.96. The molecule has 0 rings (SSSR count). The second kappa shape index (κ2) is 7.00. The minimum Gasteiger partial charge on any atom is -0.487 e. The summed E-state index contributed by atoms with van der Waals surface area (Å²) in [5.74, 6) is 0. The van der Waals surface area contributed by atoms with Gasteiger partial charge in [0.1, 0.15) is 0 Å². The molecule has 0 bridgehead atoms. The Hall–Kier alpha value is -0.110. The summed E-state index contributed by atoms with van der Waals surface area (Å²) in [5.41, 5.74) is 0. The highest BCUT2D eigenvalue weighted by Gasteiger charge is 1.91. The molecule has 0 aromatic carbocycles. The van der Waals surface area contributed by atoms with Crippen molar-refractivity contribution in [1.29, 1.82) is 0 Å². The topological polar surface area (TPSA) is 9.23 Å². The monoisotopic (exact) mass is 160 g/mol. The minimum absolute atomic E-state index is 0.746. The van der Waals surface area contributed by atoms with Gasteiger partial charge in [-0.3, -0.25) is 0 Å². The summed E-state index contributed by atoms with van der Waals surface area (Å²) in [5, 5.41) is 0.746. The normalized spacial score (nSPS) is 9.40. The highest BCUT2D eigenvalue weighted by molar-refractivity contribution is 7.80. The standard InChI is InChI=1S/C8H16OS/c1-3-5-6-7-9-8(10)4-2/h3-7H2,1-2H3. The second-order valence-corrected chi connectivity index (χ2v) is 2.74. The molecule has 60 valence electrons. The van der Waals surface area contributed by atoms with E-state index < -0.39 is 0 Å². The van der Waals surface area contributed by atoms with Crippen molar-refractivity contribution in [3.63, 3.8) is 0 Å². The lowest BCUT2D eigenvalue weighted by Gasteiger charge is -2.03. The number of unbranched alkanes of at least 4 members (excludes halogenated alkanes) is 2. The van der Waals surface area contributed by atoms with E-state index >= 15 is 0 Å². The van der Waals surface area contributed by atoms with Gasteiger partial charge >= 0.3 is 0 Å². The Morgan fingerprint density at radius 1 is 1.30 bits per heavy atom. The third-order valence-electron chi connectivity index (χ3n) is 1.30. The Morgan fingerprint density at radius 3 is 2.50 bits per heavy atom. The van der Waals surface area contributed by atoms with Gasteiger partial charge in [0.25, 0.3) is 0 Å². The van der Waals surface area contributed by atoms with E-state index in [-0.39, 0.29) is 0 Å². The van der Waals surface area contributed by atoms with Gasteiger partial charge in [-0.15, -0.1) is 0 Å². The minimum atomic E-state index is 0.746. The summed E-state index contributed by atoms with van der Waals surface area (Å²) in [6.45, 7) is 5.00. The first kappa shape index (κ1) is 9.89. The lowest BCUT2D eigenvalue weighted by Crippen LogP contribution is -2.00. The summed E-state index contributed by atoms with van der Waals surface area (Å²) < 4.78 is 5.22. The SMILES string of the molecule is CCCCCOC(=S)CC. The molecule has 1 nitrogen and oxygen atoms in total. The smallest absolute Gasteiger partial charge is 0.159 e. The Morgan fingerprint density at radius 2 is 2.00 bits per heavy atom. The van der Waals surface area contributed by atoms with Crippen LogP contribution in [0.4, 0.5) is 0 Å². The first-order valence-corrected chi connectivity index (χ1v) is 4.37. The summed E-state index contributed by atoms with van der Waals surface area (Å²) in [6, 6.07) is 0. The molecule has 0 unspecified atom stereocenters. The Kier molecular flexibility index (Phi) is 6.93. The molecule has 10 heavy (non-hydrogen) atoms. The van der Waals surface area contributed by atoms with Crippen LogP contribution in [0.2, 0.25) is 0 Å². The third-order valence-corrected chi connectivity index (χ3v) is 1.71. The first-order valence-electron chi connectivity index (χ1n) is 3.96. The lowest BCUT2D eigenvalue weighted by molar-refractivity contribution is 0.295. The van der Waals surface area contributed by atoms with Gasteiger partial charge in [-0.25, -0.2) is 0 Å². The van der Waals surface area contributed by atoms with Crippen molar-refractivity contribution in [2.75, 3.05) is 6.61 Å². The van der Waals surface area contributed by atoms with Gasteiger partial charge in [-0.1, -0.05) is 26.7 Å². The van der Waals surface area contributed by atoms with Crippen molar-refractivity contribution in [2.24, 2.45) is 0 Å². The van der Waals surface area contributed by atoms with Crippen molar-refractivity contribution in [1.82, 2.24) is 0 Å². The molecular formula is C8H16OS. The molecule has 0 atom stereocenters. The van der Waals surface area contributed by atoms with E-state index in [1.54, 1.807) is 0 Å². The number of hydrogen-bond donors (Lipinski definition) is 0. The van der Waals surface area contributed by atoms with Crippen molar-refractivity contribution in [3.05, 3.63) is 0 Å². The van der Waals surface area contributed by atoms with Crippen molar-refractivity contribution >= 4 is 17.3 Å². The number of thiocarbonyl (C=S) groups is 1. The third kappa shape index (κ3) is 6.02. The van der Waals surface area contributed by atoms with Crippen LogP contribution in [0, 0.1) is 0 Å². The second-order valence-electron chi connectivity index (χ2n) is 2.28. The molecule has 2 heteroatoms. The Labute approximate surface area is 68.8 Å². The zero-order valence-electron chi connectivity index (χ0n) is 6.85. The fourth-order valence-electron chi connectivity index (χ4n) is 0.640. The average Bonchev–Trinajstić information content (AvgIpc) is 1.98. The number of hydrogen-bond acceptors (Lipinski definition) is 2. The molecule has 0 radical (unpaired) electrons. The largest absolute Gasteiger partial charge is 0.487 e. The molecule has 0 heterocycles. The van der Waals surface area contributed by atoms with E-state index in [1.165, 1.54) is 12.8 Å². The van der Waals surface area contributed by atoms with Crippen LogP contribution in [0.15, 0.2) is 0 Å². The molecule has 0 aromatic heterocycles. The fraction of sp³-hybridized carbons (Fsp3) is 0.875. The zero-order chi connectivity index (χ0) is 7.82. The van der Waals surface area contributed by atoms with E-state index in [4.69, 9.17) is 17.0 Å². The molecular weight excluding hydrogens is 144 g/mol. The molecule has 0 saturated carbocycles. The van der Waals surface area contributed by atoms with Crippen molar-refractivity contribution in [2.45, 2.75) is 39.5 Å². The zero-order valence-corrected chi connectivity index (χ0v) is 7.67. The maximum absolute atomic E-state index is 5.22.